The first-order valence-electron chi connectivity index (χ1n) is 8.16. The molecule has 0 saturated heterocycles. The van der Waals surface area contributed by atoms with Gasteiger partial charge in [-0.15, -0.1) is 23.5 Å². The van der Waals surface area contributed by atoms with Crippen molar-refractivity contribution in [1.29, 1.82) is 0 Å². The zero-order valence-corrected chi connectivity index (χ0v) is 15.9. The Hall–Kier alpha value is -0.990. The fourth-order valence-corrected chi connectivity index (χ4v) is 5.37. The monoisotopic (exact) mass is 382 g/mol. The molecule has 2 aliphatic rings. The van der Waals surface area contributed by atoms with Gasteiger partial charge in [0, 0.05) is 30.4 Å². The van der Waals surface area contributed by atoms with Crippen molar-refractivity contribution in [3.05, 3.63) is 45.7 Å². The van der Waals surface area contributed by atoms with Crippen molar-refractivity contribution in [2.24, 2.45) is 0 Å². The highest BCUT2D eigenvalue weighted by Gasteiger charge is 2.41. The van der Waals surface area contributed by atoms with Crippen LogP contribution in [-0.2, 0) is 30.3 Å². The van der Waals surface area contributed by atoms with Gasteiger partial charge in [0.25, 0.3) is 0 Å². The lowest BCUT2D eigenvalue weighted by molar-refractivity contribution is -0.190. The average Bonchev–Trinajstić information content (AvgIpc) is 2.65. The molecule has 7 heteroatoms. The van der Waals surface area contributed by atoms with E-state index in [1.807, 2.05) is 30.3 Å². The van der Waals surface area contributed by atoms with Gasteiger partial charge in [-0.3, -0.25) is 4.79 Å². The van der Waals surface area contributed by atoms with Crippen molar-refractivity contribution in [3.8, 4) is 0 Å². The summed E-state index contributed by atoms with van der Waals surface area (Å²) in [5, 5.41) is 0. The van der Waals surface area contributed by atoms with Gasteiger partial charge in [0.1, 0.15) is 18.8 Å². The van der Waals surface area contributed by atoms with E-state index in [-0.39, 0.29) is 24.8 Å². The summed E-state index contributed by atoms with van der Waals surface area (Å²) in [5.74, 6) is 1.71. The van der Waals surface area contributed by atoms with Gasteiger partial charge in [0.05, 0.1) is 11.5 Å². The summed E-state index contributed by atoms with van der Waals surface area (Å²) in [4.78, 5) is 13.5. The van der Waals surface area contributed by atoms with Gasteiger partial charge in [-0.05, 0) is 5.56 Å². The number of hydrogen-bond acceptors (Lipinski definition) is 7. The zero-order chi connectivity index (χ0) is 17.6. The molecule has 0 bridgehead atoms. The molecule has 0 unspecified atom stereocenters. The van der Waals surface area contributed by atoms with Gasteiger partial charge in [-0.2, -0.15) is 0 Å². The SMILES string of the molecule is CO[C@@H]1O[C@@H](COC(C)=O)[C@H](OCc2ccccc2)C2=C1SCCS2. The highest BCUT2D eigenvalue weighted by molar-refractivity contribution is 8.10. The second-order valence-electron chi connectivity index (χ2n) is 5.69. The van der Waals surface area contributed by atoms with E-state index in [1.54, 1.807) is 30.6 Å². The smallest absolute Gasteiger partial charge is 0.302 e. The summed E-state index contributed by atoms with van der Waals surface area (Å²) >= 11 is 3.53. The lowest BCUT2D eigenvalue weighted by Gasteiger charge is -2.39. The van der Waals surface area contributed by atoms with Crippen molar-refractivity contribution >= 4 is 29.5 Å². The van der Waals surface area contributed by atoms with Crippen LogP contribution in [0.3, 0.4) is 0 Å². The van der Waals surface area contributed by atoms with Crippen molar-refractivity contribution in [3.63, 3.8) is 0 Å². The first kappa shape index (κ1) is 18.8. The predicted octanol–water partition coefficient (Wildman–Crippen LogP) is 3.20. The summed E-state index contributed by atoms with van der Waals surface area (Å²) in [6, 6.07) is 10.0. The van der Waals surface area contributed by atoms with E-state index in [0.29, 0.717) is 6.61 Å². The molecule has 5 nitrogen and oxygen atoms in total. The van der Waals surface area contributed by atoms with Crippen LogP contribution in [0.4, 0.5) is 0 Å². The highest BCUT2D eigenvalue weighted by atomic mass is 32.2. The number of hydrogen-bond donors (Lipinski definition) is 0. The minimum absolute atomic E-state index is 0.149. The maximum atomic E-state index is 11.2. The third-order valence-electron chi connectivity index (χ3n) is 3.89. The predicted molar refractivity (Wildman–Crippen MR) is 99.3 cm³/mol. The average molecular weight is 383 g/mol. The Morgan fingerprint density at radius 3 is 2.60 bits per heavy atom. The number of benzene rings is 1. The van der Waals surface area contributed by atoms with Crippen LogP contribution >= 0.6 is 23.5 Å². The number of carbonyl (C=O) groups excluding carboxylic acids is 1. The van der Waals surface area contributed by atoms with E-state index >= 15 is 0 Å². The van der Waals surface area contributed by atoms with Crippen LogP contribution in [-0.4, -0.2) is 49.7 Å². The Bertz CT molecular complexity index is 619. The van der Waals surface area contributed by atoms with Crippen LogP contribution in [0.15, 0.2) is 40.1 Å². The standard InChI is InChI=1S/C18H22O5S2/c1-12(19)21-11-14-15(22-10-13-6-4-3-5-7-13)16-17(18(20-2)23-14)25-9-8-24-16/h3-7,14-15,18H,8-11H2,1-2H3/t14-,15-,18+/m0/s1. The molecule has 1 aromatic carbocycles. The van der Waals surface area contributed by atoms with E-state index in [0.717, 1.165) is 26.9 Å². The minimum Gasteiger partial charge on any atom is -0.463 e. The van der Waals surface area contributed by atoms with Gasteiger partial charge in [-0.25, -0.2) is 0 Å². The maximum Gasteiger partial charge on any atom is 0.302 e. The van der Waals surface area contributed by atoms with Crippen molar-refractivity contribution < 1.29 is 23.7 Å². The molecule has 0 N–H and O–H groups in total. The first-order chi connectivity index (χ1) is 12.2. The van der Waals surface area contributed by atoms with Gasteiger partial charge in [0.2, 0.25) is 0 Å². The molecule has 0 amide bonds. The van der Waals surface area contributed by atoms with Crippen LogP contribution in [0.25, 0.3) is 0 Å². The molecule has 0 spiro atoms. The Labute approximate surface area is 156 Å². The Balaban J connectivity index is 1.80. The second-order valence-corrected chi connectivity index (χ2v) is 7.96. The third-order valence-corrected chi connectivity index (χ3v) is 6.58. The topological polar surface area (TPSA) is 54.0 Å². The molecular formula is C18H22O5S2. The Morgan fingerprint density at radius 1 is 1.20 bits per heavy atom. The summed E-state index contributed by atoms with van der Waals surface area (Å²) in [5.41, 5.74) is 1.10. The van der Waals surface area contributed by atoms with E-state index in [1.165, 1.54) is 6.92 Å². The van der Waals surface area contributed by atoms with Crippen LogP contribution in [0, 0.1) is 0 Å². The lowest BCUT2D eigenvalue weighted by Crippen LogP contribution is -2.45. The number of thioether (sulfide) groups is 2. The summed E-state index contributed by atoms with van der Waals surface area (Å²) in [7, 11) is 1.63. The van der Waals surface area contributed by atoms with E-state index in [2.05, 4.69) is 0 Å². The van der Waals surface area contributed by atoms with Gasteiger partial charge in [0.15, 0.2) is 6.29 Å². The number of esters is 1. The summed E-state index contributed by atoms with van der Waals surface area (Å²) in [6.45, 7) is 2.02. The van der Waals surface area contributed by atoms with Crippen molar-refractivity contribution in [2.75, 3.05) is 25.2 Å². The van der Waals surface area contributed by atoms with Crippen LogP contribution in [0.2, 0.25) is 0 Å². The molecule has 0 aromatic heterocycles. The lowest BCUT2D eigenvalue weighted by atomic mass is 10.1. The normalized spacial score (nSPS) is 26.2. The molecule has 0 radical (unpaired) electrons. The molecule has 0 aliphatic carbocycles. The number of carbonyl (C=O) groups is 1. The van der Waals surface area contributed by atoms with Gasteiger partial charge < -0.3 is 18.9 Å². The molecule has 1 aromatic rings. The molecule has 2 heterocycles. The van der Waals surface area contributed by atoms with Gasteiger partial charge in [-0.1, -0.05) is 30.3 Å². The van der Waals surface area contributed by atoms with Crippen LogP contribution < -0.4 is 0 Å². The molecule has 2 aliphatic heterocycles. The molecule has 0 saturated carbocycles. The number of rotatable bonds is 6. The Morgan fingerprint density at radius 2 is 1.92 bits per heavy atom. The molecule has 0 fully saturated rings. The van der Waals surface area contributed by atoms with E-state index < -0.39 is 6.29 Å². The molecule has 25 heavy (non-hydrogen) atoms. The highest BCUT2D eigenvalue weighted by Crippen LogP contribution is 2.44. The number of methoxy groups -OCH3 is 1. The van der Waals surface area contributed by atoms with Gasteiger partial charge >= 0.3 is 5.97 Å². The Kier molecular flexibility index (Phi) is 6.84. The molecule has 3 rings (SSSR count). The van der Waals surface area contributed by atoms with E-state index in [4.69, 9.17) is 18.9 Å². The van der Waals surface area contributed by atoms with Crippen molar-refractivity contribution in [1.82, 2.24) is 0 Å². The molecule has 136 valence electrons. The first-order valence-corrected chi connectivity index (χ1v) is 10.1. The maximum absolute atomic E-state index is 11.2. The summed E-state index contributed by atoms with van der Waals surface area (Å²) in [6.07, 6.45) is -1.08. The minimum atomic E-state index is -0.426. The quantitative estimate of drug-likeness (QED) is 0.700. The molecule has 3 atom stereocenters. The fourth-order valence-electron chi connectivity index (χ4n) is 2.74. The van der Waals surface area contributed by atoms with Crippen LogP contribution in [0.1, 0.15) is 12.5 Å². The van der Waals surface area contributed by atoms with Crippen LogP contribution in [0.5, 0.6) is 0 Å². The zero-order valence-electron chi connectivity index (χ0n) is 14.3. The van der Waals surface area contributed by atoms with E-state index in [9.17, 15) is 4.79 Å². The van der Waals surface area contributed by atoms with Crippen molar-refractivity contribution in [2.45, 2.75) is 32.0 Å². The third kappa shape index (κ3) is 4.80. The second kappa shape index (κ2) is 9.09. The fraction of sp³-hybridized carbons (Fsp3) is 0.500. The largest absolute Gasteiger partial charge is 0.463 e. The molecular weight excluding hydrogens is 360 g/mol. The summed E-state index contributed by atoms with van der Waals surface area (Å²) < 4.78 is 22.9. The number of ether oxygens (including phenoxy) is 4.